The molecular formula is C20H20NO6-. The van der Waals surface area contributed by atoms with Gasteiger partial charge in [-0.15, -0.1) is 0 Å². The molecule has 0 saturated heterocycles. The maximum absolute atomic E-state index is 12.5. The van der Waals surface area contributed by atoms with Gasteiger partial charge in [0.05, 0.1) is 12.0 Å². The maximum Gasteiger partial charge on any atom is 0.340 e. The zero-order valence-corrected chi connectivity index (χ0v) is 15.6. The van der Waals surface area contributed by atoms with Crippen molar-refractivity contribution in [3.8, 4) is 0 Å². The van der Waals surface area contributed by atoms with Gasteiger partial charge in [0.2, 0.25) is 5.91 Å². The number of carbonyl (C=O) groups excluding carboxylic acids is 2. The van der Waals surface area contributed by atoms with Crippen LogP contribution in [0, 0.1) is 27.7 Å². The smallest absolute Gasteiger partial charge is 0.340 e. The Morgan fingerprint density at radius 1 is 1.00 bits per heavy atom. The predicted molar refractivity (Wildman–Crippen MR) is 97.5 cm³/mol. The summed E-state index contributed by atoms with van der Waals surface area (Å²) in [5, 5.41) is 14.6. The molecule has 0 fully saturated rings. The molecule has 27 heavy (non-hydrogen) atoms. The van der Waals surface area contributed by atoms with E-state index >= 15 is 0 Å². The molecule has 0 atom stereocenters. The number of aryl methyl sites for hydroxylation is 4. The summed E-state index contributed by atoms with van der Waals surface area (Å²) in [6, 6.07) is 1.92. The first-order valence-corrected chi connectivity index (χ1v) is 8.62. The van der Waals surface area contributed by atoms with Gasteiger partial charge in [0.1, 0.15) is 16.9 Å². The first-order chi connectivity index (χ1) is 12.7. The first-order valence-electron chi connectivity index (χ1n) is 8.62. The van der Waals surface area contributed by atoms with Gasteiger partial charge >= 0.3 is 5.63 Å². The fourth-order valence-corrected chi connectivity index (χ4v) is 3.22. The lowest BCUT2D eigenvalue weighted by Gasteiger charge is -2.10. The van der Waals surface area contributed by atoms with Crippen molar-refractivity contribution >= 4 is 33.8 Å². The zero-order chi connectivity index (χ0) is 19.9. The Bertz CT molecular complexity index is 1140. The second kappa shape index (κ2) is 6.90. The molecule has 7 nitrogen and oxygen atoms in total. The van der Waals surface area contributed by atoms with E-state index in [1.54, 1.807) is 6.92 Å². The van der Waals surface area contributed by atoms with Crippen molar-refractivity contribution in [2.45, 2.75) is 40.5 Å². The lowest BCUT2D eigenvalue weighted by molar-refractivity contribution is -0.305. The fourth-order valence-electron chi connectivity index (χ4n) is 3.22. The zero-order valence-electron chi connectivity index (χ0n) is 15.6. The van der Waals surface area contributed by atoms with Crippen LogP contribution >= 0.6 is 0 Å². The topological polar surface area (TPSA) is 113 Å². The summed E-state index contributed by atoms with van der Waals surface area (Å²) in [5.74, 6) is -0.892. The number of rotatable bonds is 5. The molecule has 0 saturated carbocycles. The fraction of sp³-hybridized carbons (Fsp3) is 0.350. The van der Waals surface area contributed by atoms with Crippen molar-refractivity contribution in [3.63, 3.8) is 0 Å². The number of carbonyl (C=O) groups is 2. The van der Waals surface area contributed by atoms with E-state index in [0.29, 0.717) is 16.7 Å². The third-order valence-corrected chi connectivity index (χ3v) is 4.93. The van der Waals surface area contributed by atoms with E-state index in [9.17, 15) is 19.5 Å². The predicted octanol–water partition coefficient (Wildman–Crippen LogP) is 1.57. The molecule has 0 aliphatic rings. The van der Waals surface area contributed by atoms with E-state index in [-0.39, 0.29) is 24.9 Å². The van der Waals surface area contributed by atoms with Gasteiger partial charge in [0.25, 0.3) is 0 Å². The lowest BCUT2D eigenvalue weighted by atomic mass is 9.99. The van der Waals surface area contributed by atoms with Crippen molar-refractivity contribution in [2.75, 3.05) is 6.54 Å². The maximum atomic E-state index is 12.5. The number of fused-ring (bicyclic) bond motifs is 2. The first kappa shape index (κ1) is 18.7. The van der Waals surface area contributed by atoms with Crippen LogP contribution in [0.5, 0.6) is 0 Å². The normalized spacial score (nSPS) is 11.3. The van der Waals surface area contributed by atoms with E-state index in [1.807, 2.05) is 26.8 Å². The minimum atomic E-state index is -1.25. The Morgan fingerprint density at radius 3 is 2.30 bits per heavy atom. The summed E-state index contributed by atoms with van der Waals surface area (Å²) in [5.41, 5.74) is 3.22. The number of benzene rings is 1. The Morgan fingerprint density at radius 2 is 1.63 bits per heavy atom. The van der Waals surface area contributed by atoms with Crippen LogP contribution < -0.4 is 16.0 Å². The molecule has 2 heterocycles. The number of nitrogens with one attached hydrogen (secondary N) is 1. The largest absolute Gasteiger partial charge is 0.550 e. The minimum Gasteiger partial charge on any atom is -0.550 e. The molecule has 3 aromatic rings. The quantitative estimate of drug-likeness (QED) is 0.682. The van der Waals surface area contributed by atoms with E-state index in [4.69, 9.17) is 8.83 Å². The van der Waals surface area contributed by atoms with Crippen molar-refractivity contribution in [1.29, 1.82) is 0 Å². The molecule has 2 aromatic heterocycles. The van der Waals surface area contributed by atoms with Gasteiger partial charge in [-0.25, -0.2) is 4.79 Å². The van der Waals surface area contributed by atoms with Crippen LogP contribution in [0.2, 0.25) is 0 Å². The Balaban J connectivity index is 2.06. The van der Waals surface area contributed by atoms with Crippen LogP contribution in [0.3, 0.4) is 0 Å². The number of furan rings is 1. The molecule has 1 amide bonds. The van der Waals surface area contributed by atoms with Crippen molar-refractivity contribution in [2.24, 2.45) is 0 Å². The highest BCUT2D eigenvalue weighted by Crippen LogP contribution is 2.34. The van der Waals surface area contributed by atoms with Gasteiger partial charge in [-0.2, -0.15) is 0 Å². The summed E-state index contributed by atoms with van der Waals surface area (Å²) in [4.78, 5) is 34.9. The van der Waals surface area contributed by atoms with Crippen molar-refractivity contribution in [1.82, 2.24) is 5.32 Å². The summed E-state index contributed by atoms with van der Waals surface area (Å²) in [6.07, 6.45) is -0.467. The van der Waals surface area contributed by atoms with E-state index in [2.05, 4.69) is 5.32 Å². The van der Waals surface area contributed by atoms with E-state index < -0.39 is 17.5 Å². The summed E-state index contributed by atoms with van der Waals surface area (Å²) >= 11 is 0. The average molecular weight is 370 g/mol. The average Bonchev–Trinajstić information content (AvgIpc) is 2.88. The molecular weight excluding hydrogens is 350 g/mol. The number of hydrogen-bond acceptors (Lipinski definition) is 6. The summed E-state index contributed by atoms with van der Waals surface area (Å²) in [6.45, 7) is 7.40. The number of carboxylic acid groups (broad SMARTS) is 1. The molecule has 7 heteroatoms. The Labute approximate surface area is 155 Å². The molecule has 0 unspecified atom stereocenters. The van der Waals surface area contributed by atoms with Gasteiger partial charge in [0, 0.05) is 35.3 Å². The molecule has 142 valence electrons. The third kappa shape index (κ3) is 3.32. The summed E-state index contributed by atoms with van der Waals surface area (Å²) in [7, 11) is 0. The Kier molecular flexibility index (Phi) is 4.78. The SMILES string of the molecule is Cc1oc2c(C)c3oc(=O)c(CC(=O)NCCC(=O)[O-])c(C)c3cc2c1C. The van der Waals surface area contributed by atoms with Crippen LogP contribution in [0.4, 0.5) is 0 Å². The van der Waals surface area contributed by atoms with Crippen LogP contribution in [0.1, 0.15) is 34.4 Å². The van der Waals surface area contributed by atoms with Crippen molar-refractivity contribution < 1.29 is 23.5 Å². The number of carboxylic acids is 1. The van der Waals surface area contributed by atoms with Crippen molar-refractivity contribution in [3.05, 3.63) is 44.5 Å². The standard InChI is InChI=1S/C20H21NO6/c1-9-12(4)26-18-11(3)19-14(7-13(9)18)10(2)15(20(25)27-19)8-16(22)21-6-5-17(23)24/h7H,5-6,8H2,1-4H3,(H,21,22)(H,23,24)/p-1. The minimum absolute atomic E-state index is 0.0493. The van der Waals surface area contributed by atoms with E-state index in [1.165, 1.54) is 0 Å². The van der Waals surface area contributed by atoms with Gasteiger partial charge < -0.3 is 24.1 Å². The highest BCUT2D eigenvalue weighted by Gasteiger charge is 2.19. The van der Waals surface area contributed by atoms with Crippen LogP contribution in [-0.4, -0.2) is 18.4 Å². The monoisotopic (exact) mass is 370 g/mol. The molecule has 1 aromatic carbocycles. The molecule has 0 aliphatic carbocycles. The van der Waals surface area contributed by atoms with Gasteiger partial charge in [-0.1, -0.05) is 0 Å². The number of aliphatic carboxylic acids is 1. The third-order valence-electron chi connectivity index (χ3n) is 4.93. The second-order valence-electron chi connectivity index (χ2n) is 6.68. The Hall–Kier alpha value is -3.09. The summed E-state index contributed by atoms with van der Waals surface area (Å²) < 4.78 is 11.3. The van der Waals surface area contributed by atoms with Gasteiger partial charge in [0.15, 0.2) is 0 Å². The molecule has 0 bridgehead atoms. The van der Waals surface area contributed by atoms with Gasteiger partial charge in [-0.05, 0) is 44.9 Å². The highest BCUT2D eigenvalue weighted by molar-refractivity contribution is 6.00. The molecule has 0 aliphatic heterocycles. The van der Waals surface area contributed by atoms with Gasteiger partial charge in [-0.3, -0.25) is 4.79 Å². The molecule has 0 spiro atoms. The second-order valence-corrected chi connectivity index (χ2v) is 6.68. The number of hydrogen-bond donors (Lipinski definition) is 1. The van der Waals surface area contributed by atoms with Crippen LogP contribution in [-0.2, 0) is 16.0 Å². The molecule has 0 radical (unpaired) electrons. The highest BCUT2D eigenvalue weighted by atomic mass is 16.4. The number of amides is 1. The van der Waals surface area contributed by atoms with E-state index in [0.717, 1.165) is 27.7 Å². The molecule has 3 rings (SSSR count). The lowest BCUT2D eigenvalue weighted by Crippen LogP contribution is -2.32. The molecule has 1 N–H and O–H groups in total. The van der Waals surface area contributed by atoms with Crippen LogP contribution in [0.15, 0.2) is 19.7 Å². The van der Waals surface area contributed by atoms with Crippen LogP contribution in [0.25, 0.3) is 21.9 Å².